The summed E-state index contributed by atoms with van der Waals surface area (Å²) in [5.74, 6) is 1.09. The van der Waals surface area contributed by atoms with Crippen LogP contribution in [0.3, 0.4) is 0 Å². The highest BCUT2D eigenvalue weighted by molar-refractivity contribution is 7.89. The number of piperidine rings is 1. The summed E-state index contributed by atoms with van der Waals surface area (Å²) in [5.41, 5.74) is 1.13. The van der Waals surface area contributed by atoms with Crippen molar-refractivity contribution < 1.29 is 8.42 Å². The Labute approximate surface area is 149 Å². The lowest BCUT2D eigenvalue weighted by atomic mass is 9.97. The fourth-order valence-electron chi connectivity index (χ4n) is 3.01. The van der Waals surface area contributed by atoms with Crippen LogP contribution in [0.15, 0.2) is 47.6 Å². The van der Waals surface area contributed by atoms with E-state index < -0.39 is 10.0 Å². The molecule has 1 saturated heterocycles. The van der Waals surface area contributed by atoms with Gasteiger partial charge in [0.15, 0.2) is 0 Å². The molecule has 0 amide bonds. The average molecular weight is 360 g/mol. The first-order chi connectivity index (χ1) is 12.1. The molecule has 1 aliphatic heterocycles. The molecule has 0 radical (unpaired) electrons. The first kappa shape index (κ1) is 17.8. The van der Waals surface area contributed by atoms with Crippen molar-refractivity contribution in [2.45, 2.75) is 31.1 Å². The number of nitrogens with zero attached hydrogens (tertiary/aromatic N) is 3. The van der Waals surface area contributed by atoms with Crippen LogP contribution in [0.1, 0.15) is 25.3 Å². The fraction of sp³-hybridized carbons (Fsp3) is 0.444. The van der Waals surface area contributed by atoms with Crippen LogP contribution in [-0.2, 0) is 16.4 Å². The molecule has 2 heterocycles. The van der Waals surface area contributed by atoms with Gasteiger partial charge in [-0.1, -0.05) is 19.1 Å². The highest BCUT2D eigenvalue weighted by Crippen LogP contribution is 2.20. The molecule has 0 spiro atoms. The van der Waals surface area contributed by atoms with Gasteiger partial charge in [-0.3, -0.25) is 0 Å². The number of hydrogen-bond acceptors (Lipinski definition) is 5. The molecule has 0 aliphatic carbocycles. The largest absolute Gasteiger partial charge is 0.341 e. The van der Waals surface area contributed by atoms with Crippen molar-refractivity contribution in [3.63, 3.8) is 0 Å². The number of hydrogen-bond donors (Lipinski definition) is 1. The molecular weight excluding hydrogens is 336 g/mol. The summed E-state index contributed by atoms with van der Waals surface area (Å²) >= 11 is 0. The smallest absolute Gasteiger partial charge is 0.240 e. The van der Waals surface area contributed by atoms with Gasteiger partial charge in [0.2, 0.25) is 16.0 Å². The minimum atomic E-state index is -3.44. The van der Waals surface area contributed by atoms with Crippen LogP contribution in [0.2, 0.25) is 0 Å². The maximum Gasteiger partial charge on any atom is 0.240 e. The van der Waals surface area contributed by atoms with Gasteiger partial charge in [-0.15, -0.1) is 0 Å². The van der Waals surface area contributed by atoms with E-state index >= 15 is 0 Å². The van der Waals surface area contributed by atoms with Gasteiger partial charge < -0.3 is 4.90 Å². The zero-order chi connectivity index (χ0) is 17.7. The van der Waals surface area contributed by atoms with Crippen molar-refractivity contribution in [1.29, 1.82) is 0 Å². The molecule has 1 aromatic carbocycles. The van der Waals surface area contributed by atoms with Crippen molar-refractivity contribution in [2.75, 3.05) is 24.5 Å². The molecule has 25 heavy (non-hydrogen) atoms. The van der Waals surface area contributed by atoms with E-state index in [0.717, 1.165) is 43.9 Å². The number of benzene rings is 1. The lowest BCUT2D eigenvalue weighted by Crippen LogP contribution is -2.39. The molecule has 0 bridgehead atoms. The van der Waals surface area contributed by atoms with Crippen LogP contribution in [0.25, 0.3) is 0 Å². The standard InChI is InChI=1S/C18H24N4O2S/c1-2-15-4-6-17(7-5-15)25(23,24)21-14-16-8-12-22(13-9-16)18-19-10-3-11-20-18/h3-7,10-11,16,21H,2,8-9,12-14H2,1H3. The van der Waals surface area contributed by atoms with Crippen molar-refractivity contribution in [3.05, 3.63) is 48.3 Å². The van der Waals surface area contributed by atoms with E-state index in [4.69, 9.17) is 0 Å². The minimum Gasteiger partial charge on any atom is -0.341 e. The summed E-state index contributed by atoms with van der Waals surface area (Å²) in [4.78, 5) is 11.0. The third-order valence-corrected chi connectivity index (χ3v) is 6.09. The van der Waals surface area contributed by atoms with E-state index in [9.17, 15) is 8.42 Å². The van der Waals surface area contributed by atoms with Crippen molar-refractivity contribution in [3.8, 4) is 0 Å². The molecule has 7 heteroatoms. The van der Waals surface area contributed by atoms with E-state index in [2.05, 4.69) is 26.5 Å². The van der Waals surface area contributed by atoms with Gasteiger partial charge in [-0.25, -0.2) is 23.1 Å². The minimum absolute atomic E-state index is 0.333. The van der Waals surface area contributed by atoms with Gasteiger partial charge in [0.05, 0.1) is 4.90 Å². The third kappa shape index (κ3) is 4.55. The Morgan fingerprint density at radius 2 is 1.76 bits per heavy atom. The highest BCUT2D eigenvalue weighted by atomic mass is 32.2. The summed E-state index contributed by atoms with van der Waals surface area (Å²) in [7, 11) is -3.44. The van der Waals surface area contributed by atoms with E-state index in [1.807, 2.05) is 12.1 Å². The van der Waals surface area contributed by atoms with E-state index in [1.54, 1.807) is 30.6 Å². The molecule has 3 rings (SSSR count). The van der Waals surface area contributed by atoms with Crippen molar-refractivity contribution in [2.24, 2.45) is 5.92 Å². The Morgan fingerprint density at radius 3 is 2.36 bits per heavy atom. The van der Waals surface area contributed by atoms with Gasteiger partial charge in [0, 0.05) is 32.0 Å². The molecule has 1 aliphatic rings. The summed E-state index contributed by atoms with van der Waals surface area (Å²) in [5, 5.41) is 0. The van der Waals surface area contributed by atoms with Crippen molar-refractivity contribution in [1.82, 2.24) is 14.7 Å². The Morgan fingerprint density at radius 1 is 1.12 bits per heavy atom. The van der Waals surface area contributed by atoms with Crippen LogP contribution >= 0.6 is 0 Å². The Balaban J connectivity index is 1.52. The molecule has 134 valence electrons. The van der Waals surface area contributed by atoms with Gasteiger partial charge in [-0.2, -0.15) is 0 Å². The molecule has 0 unspecified atom stereocenters. The molecule has 6 nitrogen and oxygen atoms in total. The number of anilines is 1. The van der Waals surface area contributed by atoms with Crippen LogP contribution in [0.4, 0.5) is 5.95 Å². The van der Waals surface area contributed by atoms with E-state index in [0.29, 0.717) is 17.4 Å². The van der Waals surface area contributed by atoms with Gasteiger partial charge in [-0.05, 0) is 48.9 Å². The molecule has 1 N–H and O–H groups in total. The summed E-state index contributed by atoms with van der Waals surface area (Å²) in [6.45, 7) is 4.22. The SMILES string of the molecule is CCc1ccc(S(=O)(=O)NCC2CCN(c3ncccn3)CC2)cc1. The van der Waals surface area contributed by atoms with Crippen LogP contribution in [-0.4, -0.2) is 38.0 Å². The Bertz CT molecular complexity index is 770. The monoisotopic (exact) mass is 360 g/mol. The predicted molar refractivity (Wildman–Crippen MR) is 98.0 cm³/mol. The van der Waals surface area contributed by atoms with Crippen molar-refractivity contribution >= 4 is 16.0 Å². The zero-order valence-electron chi connectivity index (χ0n) is 14.4. The molecular formula is C18H24N4O2S. The third-order valence-electron chi connectivity index (χ3n) is 4.65. The number of nitrogens with one attached hydrogen (secondary N) is 1. The highest BCUT2D eigenvalue weighted by Gasteiger charge is 2.23. The van der Waals surface area contributed by atoms with E-state index in [1.165, 1.54) is 0 Å². The maximum absolute atomic E-state index is 12.4. The van der Waals surface area contributed by atoms with Crippen LogP contribution in [0, 0.1) is 5.92 Å². The first-order valence-corrected chi connectivity index (χ1v) is 10.2. The normalized spacial score (nSPS) is 16.1. The second kappa shape index (κ2) is 7.93. The summed E-state index contributed by atoms with van der Waals surface area (Å²) in [6.07, 6.45) is 6.24. The Kier molecular flexibility index (Phi) is 5.65. The zero-order valence-corrected chi connectivity index (χ0v) is 15.2. The van der Waals surface area contributed by atoms with Gasteiger partial charge in [0.25, 0.3) is 0 Å². The average Bonchev–Trinajstić information content (AvgIpc) is 2.67. The number of sulfonamides is 1. The van der Waals surface area contributed by atoms with Crippen LogP contribution in [0.5, 0.6) is 0 Å². The first-order valence-electron chi connectivity index (χ1n) is 8.69. The van der Waals surface area contributed by atoms with Gasteiger partial charge in [0.1, 0.15) is 0 Å². The topological polar surface area (TPSA) is 75.2 Å². The number of aryl methyl sites for hydroxylation is 1. The molecule has 1 fully saturated rings. The molecule has 2 aromatic rings. The quantitative estimate of drug-likeness (QED) is 0.855. The Hall–Kier alpha value is -1.99. The molecule has 0 saturated carbocycles. The second-order valence-corrected chi connectivity index (χ2v) is 8.10. The van der Waals surface area contributed by atoms with E-state index in [-0.39, 0.29) is 0 Å². The molecule has 1 aromatic heterocycles. The van der Waals surface area contributed by atoms with Crippen LogP contribution < -0.4 is 9.62 Å². The predicted octanol–water partition coefficient (Wildman–Crippen LogP) is 2.23. The number of rotatable bonds is 6. The molecule has 0 atom stereocenters. The fourth-order valence-corrected chi connectivity index (χ4v) is 4.12. The summed E-state index contributed by atoms with van der Waals surface area (Å²) in [6, 6.07) is 8.89. The summed E-state index contributed by atoms with van der Waals surface area (Å²) < 4.78 is 27.6. The maximum atomic E-state index is 12.4. The lowest BCUT2D eigenvalue weighted by molar-refractivity contribution is 0.399. The number of aromatic nitrogens is 2. The lowest BCUT2D eigenvalue weighted by Gasteiger charge is -2.31. The second-order valence-electron chi connectivity index (χ2n) is 6.33. The van der Waals surface area contributed by atoms with Gasteiger partial charge >= 0.3 is 0 Å².